The maximum atomic E-state index is 12.3. The number of rotatable bonds is 8. The fourth-order valence-electron chi connectivity index (χ4n) is 2.60. The summed E-state index contributed by atoms with van der Waals surface area (Å²) in [5.41, 5.74) is 5.46. The first-order valence-corrected chi connectivity index (χ1v) is 8.77. The molecule has 0 bridgehead atoms. The van der Waals surface area contributed by atoms with Gasteiger partial charge in [-0.05, 0) is 37.6 Å². The molecule has 7 nitrogen and oxygen atoms in total. The van der Waals surface area contributed by atoms with E-state index in [-0.39, 0.29) is 12.5 Å². The second-order valence-electron chi connectivity index (χ2n) is 6.16. The normalized spacial score (nSPS) is 10.5. The number of hydrogen-bond acceptors (Lipinski definition) is 6. The topological polar surface area (TPSA) is 82.8 Å². The summed E-state index contributed by atoms with van der Waals surface area (Å²) in [4.78, 5) is 17.6. The number of hydroxylamine groups is 1. The van der Waals surface area contributed by atoms with Crippen molar-refractivity contribution in [2.75, 3.05) is 7.11 Å². The van der Waals surface area contributed by atoms with E-state index in [9.17, 15) is 4.79 Å². The molecule has 0 saturated carbocycles. The zero-order chi connectivity index (χ0) is 19.9. The molecule has 0 aliphatic heterocycles. The maximum absolute atomic E-state index is 12.3. The molecule has 1 amide bonds. The van der Waals surface area contributed by atoms with Gasteiger partial charge in [-0.15, -0.1) is 0 Å². The Morgan fingerprint density at radius 1 is 1.07 bits per heavy atom. The number of amides is 1. The van der Waals surface area contributed by atoms with Crippen LogP contribution in [0, 0.1) is 13.8 Å². The molecule has 7 heteroatoms. The van der Waals surface area contributed by atoms with Gasteiger partial charge in [-0.1, -0.05) is 35.5 Å². The third-order valence-corrected chi connectivity index (χ3v) is 4.23. The van der Waals surface area contributed by atoms with Crippen molar-refractivity contribution in [1.82, 2.24) is 10.6 Å². The minimum atomic E-state index is -0.369. The van der Waals surface area contributed by atoms with Gasteiger partial charge in [0, 0.05) is 5.56 Å². The first kappa shape index (κ1) is 19.4. The third-order valence-electron chi connectivity index (χ3n) is 4.23. The van der Waals surface area contributed by atoms with E-state index in [4.69, 9.17) is 18.8 Å². The molecule has 146 valence electrons. The molecule has 3 aromatic rings. The van der Waals surface area contributed by atoms with Gasteiger partial charge in [0.2, 0.25) is 0 Å². The minimum absolute atomic E-state index is 0.280. The van der Waals surface area contributed by atoms with Crippen LogP contribution in [0.3, 0.4) is 0 Å². The van der Waals surface area contributed by atoms with Gasteiger partial charge in [0.25, 0.3) is 5.91 Å². The molecule has 2 aromatic carbocycles. The molecule has 0 aliphatic carbocycles. The van der Waals surface area contributed by atoms with Gasteiger partial charge >= 0.3 is 0 Å². The van der Waals surface area contributed by atoms with Crippen molar-refractivity contribution in [2.24, 2.45) is 0 Å². The van der Waals surface area contributed by atoms with Crippen LogP contribution in [0.2, 0.25) is 0 Å². The smallest absolute Gasteiger partial charge is 0.274 e. The van der Waals surface area contributed by atoms with Crippen molar-refractivity contribution >= 4 is 5.91 Å². The summed E-state index contributed by atoms with van der Waals surface area (Å²) in [5.74, 6) is 1.31. The number of nitrogens with one attached hydrogen (secondary N) is 1. The van der Waals surface area contributed by atoms with E-state index in [1.807, 2.05) is 44.2 Å². The summed E-state index contributed by atoms with van der Waals surface area (Å²) in [5, 5.41) is 3.91. The number of aryl methyl sites for hydroxylation is 2. The zero-order valence-corrected chi connectivity index (χ0v) is 16.0. The molecule has 0 aliphatic rings. The lowest BCUT2D eigenvalue weighted by atomic mass is 10.2. The number of hydrogen-bond donors (Lipinski definition) is 1. The van der Waals surface area contributed by atoms with Gasteiger partial charge < -0.3 is 14.0 Å². The van der Waals surface area contributed by atoms with Crippen LogP contribution in [0.1, 0.15) is 32.9 Å². The van der Waals surface area contributed by atoms with Crippen molar-refractivity contribution in [1.29, 1.82) is 0 Å². The van der Waals surface area contributed by atoms with Crippen LogP contribution in [0.15, 0.2) is 53.1 Å². The summed E-state index contributed by atoms with van der Waals surface area (Å²) in [7, 11) is 1.52. The molecule has 1 aromatic heterocycles. The van der Waals surface area contributed by atoms with Crippen molar-refractivity contribution in [3.63, 3.8) is 0 Å². The highest BCUT2D eigenvalue weighted by molar-refractivity contribution is 5.94. The van der Waals surface area contributed by atoms with Crippen molar-refractivity contribution in [3.05, 3.63) is 76.7 Å². The molecule has 0 fully saturated rings. The fourth-order valence-corrected chi connectivity index (χ4v) is 2.60. The van der Waals surface area contributed by atoms with Crippen molar-refractivity contribution in [2.45, 2.75) is 27.1 Å². The lowest BCUT2D eigenvalue weighted by Crippen LogP contribution is -2.23. The van der Waals surface area contributed by atoms with Gasteiger partial charge in [-0.2, -0.15) is 0 Å². The van der Waals surface area contributed by atoms with Crippen LogP contribution in [-0.2, 0) is 18.1 Å². The number of carbonyl (C=O) groups excluding carboxylic acids is 1. The van der Waals surface area contributed by atoms with Crippen molar-refractivity contribution < 1.29 is 23.6 Å². The summed E-state index contributed by atoms with van der Waals surface area (Å²) in [6.45, 7) is 4.26. The predicted octanol–water partition coefficient (Wildman–Crippen LogP) is 3.74. The molecule has 0 saturated heterocycles. The number of methoxy groups -OCH3 is 1. The Labute approximate surface area is 163 Å². The van der Waals surface area contributed by atoms with E-state index < -0.39 is 0 Å². The second-order valence-corrected chi connectivity index (χ2v) is 6.16. The molecule has 0 atom stereocenters. The first-order chi connectivity index (χ1) is 13.6. The van der Waals surface area contributed by atoms with Gasteiger partial charge in [0.15, 0.2) is 11.5 Å². The van der Waals surface area contributed by atoms with Gasteiger partial charge in [-0.3, -0.25) is 9.63 Å². The molecule has 0 unspecified atom stereocenters. The maximum Gasteiger partial charge on any atom is 0.274 e. The Bertz CT molecular complexity index is 918. The Kier molecular flexibility index (Phi) is 6.29. The van der Waals surface area contributed by atoms with Gasteiger partial charge in [0.05, 0.1) is 25.0 Å². The quantitative estimate of drug-likeness (QED) is 0.598. The summed E-state index contributed by atoms with van der Waals surface area (Å²) in [6, 6.07) is 14.5. The lowest BCUT2D eigenvalue weighted by molar-refractivity contribution is 0.0233. The first-order valence-electron chi connectivity index (χ1n) is 8.77. The molecule has 3 rings (SSSR count). The highest BCUT2D eigenvalue weighted by Crippen LogP contribution is 2.29. The SMILES string of the molecule is COc1cc(C(=O)NOCc2ccccc2)ccc1OCc1c(C)noc1C. The summed E-state index contributed by atoms with van der Waals surface area (Å²) >= 11 is 0. The van der Waals surface area contributed by atoms with Crippen molar-refractivity contribution in [3.8, 4) is 11.5 Å². The number of ether oxygens (including phenoxy) is 2. The van der Waals surface area contributed by atoms with E-state index in [0.717, 1.165) is 16.8 Å². The average molecular weight is 382 g/mol. The van der Waals surface area contributed by atoms with E-state index in [1.165, 1.54) is 7.11 Å². The minimum Gasteiger partial charge on any atom is -0.493 e. The lowest BCUT2D eigenvalue weighted by Gasteiger charge is -2.12. The van der Waals surface area contributed by atoms with E-state index in [1.54, 1.807) is 18.2 Å². The molecule has 0 radical (unpaired) electrons. The average Bonchev–Trinajstić information content (AvgIpc) is 3.04. The van der Waals surface area contributed by atoms with E-state index in [0.29, 0.717) is 29.4 Å². The van der Waals surface area contributed by atoms with Gasteiger partial charge in [-0.25, -0.2) is 5.48 Å². The summed E-state index contributed by atoms with van der Waals surface area (Å²) in [6.07, 6.45) is 0. The van der Waals surface area contributed by atoms with E-state index in [2.05, 4.69) is 10.6 Å². The monoisotopic (exact) mass is 382 g/mol. The Morgan fingerprint density at radius 2 is 1.86 bits per heavy atom. The highest BCUT2D eigenvalue weighted by atomic mass is 16.6. The standard InChI is InChI=1S/C21H22N2O5/c1-14-18(15(2)28-22-14)13-26-19-10-9-17(11-20(19)25-3)21(24)23-27-12-16-7-5-4-6-8-16/h4-11H,12-13H2,1-3H3,(H,23,24). The van der Waals surface area contributed by atoms with Gasteiger partial charge in [0.1, 0.15) is 12.4 Å². The molecule has 0 spiro atoms. The molecule has 1 heterocycles. The van der Waals surface area contributed by atoms with Crippen LogP contribution in [-0.4, -0.2) is 18.2 Å². The highest BCUT2D eigenvalue weighted by Gasteiger charge is 2.14. The number of benzene rings is 2. The Morgan fingerprint density at radius 3 is 2.54 bits per heavy atom. The van der Waals surface area contributed by atoms with E-state index >= 15 is 0 Å². The number of nitrogens with zero attached hydrogens (tertiary/aromatic N) is 1. The fraction of sp³-hybridized carbons (Fsp3) is 0.238. The number of carbonyl (C=O) groups is 1. The van der Waals surface area contributed by atoms with Crippen LogP contribution in [0.4, 0.5) is 0 Å². The molecular weight excluding hydrogens is 360 g/mol. The molecule has 1 N–H and O–H groups in total. The number of aromatic nitrogens is 1. The summed E-state index contributed by atoms with van der Waals surface area (Å²) < 4.78 is 16.3. The third kappa shape index (κ3) is 4.69. The predicted molar refractivity (Wildman–Crippen MR) is 102 cm³/mol. The molecule has 28 heavy (non-hydrogen) atoms. The Hall–Kier alpha value is -3.32. The Balaban J connectivity index is 1.61. The van der Waals surface area contributed by atoms with Crippen LogP contribution in [0.5, 0.6) is 11.5 Å². The zero-order valence-electron chi connectivity index (χ0n) is 16.0. The largest absolute Gasteiger partial charge is 0.493 e. The van der Waals surface area contributed by atoms with Crippen LogP contribution >= 0.6 is 0 Å². The van der Waals surface area contributed by atoms with Crippen LogP contribution < -0.4 is 15.0 Å². The second kappa shape index (κ2) is 9.05. The molecular formula is C21H22N2O5. The van der Waals surface area contributed by atoms with Crippen LogP contribution in [0.25, 0.3) is 0 Å².